The number of nitrogens with one attached hydrogen (secondary N) is 2. The first-order valence-electron chi connectivity index (χ1n) is 6.62. The summed E-state index contributed by atoms with van der Waals surface area (Å²) in [6, 6.07) is 9.10. The van der Waals surface area contributed by atoms with E-state index in [0.29, 0.717) is 0 Å². The van der Waals surface area contributed by atoms with Crippen LogP contribution >= 0.6 is 0 Å². The number of amides is 1. The van der Waals surface area contributed by atoms with Crippen molar-refractivity contribution >= 4 is 12.4 Å². The maximum atomic E-state index is 11.7. The van der Waals surface area contributed by atoms with Crippen LogP contribution in [0.4, 0.5) is 0 Å². The van der Waals surface area contributed by atoms with Crippen molar-refractivity contribution in [3.8, 4) is 0 Å². The third-order valence-electron chi connectivity index (χ3n) is 2.50. The highest BCUT2D eigenvalue weighted by Crippen LogP contribution is 2.11. The van der Waals surface area contributed by atoms with Crippen LogP contribution in [0, 0.1) is 0 Å². The molecule has 1 unspecified atom stereocenters. The molecule has 6 nitrogen and oxygen atoms in total. The van der Waals surface area contributed by atoms with Crippen molar-refractivity contribution in [2.24, 2.45) is 0 Å². The van der Waals surface area contributed by atoms with E-state index in [0.717, 1.165) is 5.56 Å². The van der Waals surface area contributed by atoms with E-state index in [1.807, 2.05) is 51.1 Å². The van der Waals surface area contributed by atoms with E-state index < -0.39 is 0 Å². The molecule has 21 heavy (non-hydrogen) atoms. The van der Waals surface area contributed by atoms with Gasteiger partial charge in [-0.05, 0) is 26.3 Å². The predicted molar refractivity (Wildman–Crippen MR) is 80.9 cm³/mol. The number of hydrogen-bond acceptors (Lipinski definition) is 4. The summed E-state index contributed by atoms with van der Waals surface area (Å²) in [5.74, 6) is -0.118. The van der Waals surface area contributed by atoms with E-state index in [4.69, 9.17) is 9.90 Å². The van der Waals surface area contributed by atoms with Crippen LogP contribution in [0.5, 0.6) is 0 Å². The standard InChI is InChI=1S/C14H22N2O2.CH2O2/c1-14(2,3)15-9-13(18)16-12(10-17)11-7-5-4-6-8-11;2-1-3/h4-8,12,15,17H,9-10H2,1-3H3,(H,16,18);1H,(H,2,3). The normalized spacial score (nSPS) is 11.8. The Bertz CT molecular complexity index is 415. The summed E-state index contributed by atoms with van der Waals surface area (Å²) in [5.41, 5.74) is 0.808. The molecular weight excluding hydrogens is 272 g/mol. The number of carboxylic acid groups (broad SMARTS) is 1. The van der Waals surface area contributed by atoms with Crippen LogP contribution in [0.15, 0.2) is 30.3 Å². The van der Waals surface area contributed by atoms with E-state index in [9.17, 15) is 9.90 Å². The average Bonchev–Trinajstić information content (AvgIpc) is 2.43. The first-order valence-corrected chi connectivity index (χ1v) is 6.62. The minimum absolute atomic E-state index is 0.0984. The van der Waals surface area contributed by atoms with Crippen molar-refractivity contribution < 1.29 is 19.8 Å². The highest BCUT2D eigenvalue weighted by molar-refractivity contribution is 5.78. The van der Waals surface area contributed by atoms with E-state index in [1.54, 1.807) is 0 Å². The molecule has 0 saturated carbocycles. The van der Waals surface area contributed by atoms with Gasteiger partial charge in [0.25, 0.3) is 6.47 Å². The minimum atomic E-state index is -0.347. The topological polar surface area (TPSA) is 98.7 Å². The average molecular weight is 296 g/mol. The van der Waals surface area contributed by atoms with E-state index in [1.165, 1.54) is 0 Å². The zero-order valence-electron chi connectivity index (χ0n) is 12.7. The van der Waals surface area contributed by atoms with Gasteiger partial charge >= 0.3 is 0 Å². The smallest absolute Gasteiger partial charge is 0.290 e. The number of aliphatic hydroxyl groups is 1. The highest BCUT2D eigenvalue weighted by atomic mass is 16.3. The highest BCUT2D eigenvalue weighted by Gasteiger charge is 2.15. The summed E-state index contributed by atoms with van der Waals surface area (Å²) in [5, 5.41) is 22.1. The molecular formula is C15H24N2O4. The molecule has 118 valence electrons. The number of hydrogen-bond donors (Lipinski definition) is 4. The first kappa shape index (κ1) is 19.1. The van der Waals surface area contributed by atoms with Crippen molar-refractivity contribution in [2.75, 3.05) is 13.2 Å². The molecule has 0 aliphatic rings. The molecule has 1 aromatic rings. The molecule has 0 bridgehead atoms. The summed E-state index contributed by atoms with van der Waals surface area (Å²) in [7, 11) is 0. The van der Waals surface area contributed by atoms with Crippen LogP contribution in [0.25, 0.3) is 0 Å². The lowest BCUT2D eigenvalue weighted by molar-refractivity contribution is -0.123. The molecule has 1 amide bonds. The third-order valence-corrected chi connectivity index (χ3v) is 2.50. The van der Waals surface area contributed by atoms with Crippen molar-refractivity contribution in [1.29, 1.82) is 0 Å². The lowest BCUT2D eigenvalue weighted by atomic mass is 10.1. The number of rotatable bonds is 5. The Morgan fingerprint density at radius 3 is 2.24 bits per heavy atom. The molecule has 0 aliphatic heterocycles. The van der Waals surface area contributed by atoms with Crippen LogP contribution < -0.4 is 10.6 Å². The Hall–Kier alpha value is -1.92. The summed E-state index contributed by atoms with van der Waals surface area (Å²) >= 11 is 0. The van der Waals surface area contributed by atoms with Gasteiger partial charge in [-0.25, -0.2) is 0 Å². The van der Waals surface area contributed by atoms with Crippen LogP contribution in [-0.2, 0) is 9.59 Å². The Balaban J connectivity index is 0.00000122. The number of carbonyl (C=O) groups excluding carboxylic acids is 1. The van der Waals surface area contributed by atoms with Crippen molar-refractivity contribution in [3.05, 3.63) is 35.9 Å². The number of carbonyl (C=O) groups is 2. The second kappa shape index (κ2) is 9.90. The zero-order valence-corrected chi connectivity index (χ0v) is 12.7. The minimum Gasteiger partial charge on any atom is -0.483 e. The second-order valence-corrected chi connectivity index (χ2v) is 5.42. The molecule has 0 aromatic heterocycles. The predicted octanol–water partition coefficient (Wildman–Crippen LogP) is 0.925. The van der Waals surface area contributed by atoms with Gasteiger partial charge in [0.05, 0.1) is 19.2 Å². The zero-order chi connectivity index (χ0) is 16.3. The molecule has 4 N–H and O–H groups in total. The molecule has 0 heterocycles. The van der Waals surface area contributed by atoms with Crippen LogP contribution in [0.1, 0.15) is 32.4 Å². The molecule has 0 fully saturated rings. The SMILES string of the molecule is CC(C)(C)NCC(=O)NC(CO)c1ccccc1.O=CO. The molecule has 1 atom stereocenters. The summed E-state index contributed by atoms with van der Waals surface area (Å²) in [6.45, 7) is 5.89. The van der Waals surface area contributed by atoms with Gasteiger partial charge in [-0.15, -0.1) is 0 Å². The van der Waals surface area contributed by atoms with E-state index >= 15 is 0 Å². The van der Waals surface area contributed by atoms with Crippen molar-refractivity contribution in [3.63, 3.8) is 0 Å². The summed E-state index contributed by atoms with van der Waals surface area (Å²) in [4.78, 5) is 20.1. The maximum Gasteiger partial charge on any atom is 0.290 e. The summed E-state index contributed by atoms with van der Waals surface area (Å²) in [6.07, 6.45) is 0. The lowest BCUT2D eigenvalue weighted by Crippen LogP contribution is -2.44. The molecule has 6 heteroatoms. The molecule has 1 rings (SSSR count). The Kier molecular flexibility index (Phi) is 9.00. The Morgan fingerprint density at radius 2 is 1.81 bits per heavy atom. The van der Waals surface area contributed by atoms with Gasteiger partial charge < -0.3 is 20.8 Å². The summed E-state index contributed by atoms with van der Waals surface area (Å²) < 4.78 is 0. The number of aliphatic hydroxyl groups excluding tert-OH is 1. The fraction of sp³-hybridized carbons (Fsp3) is 0.467. The van der Waals surface area contributed by atoms with Gasteiger partial charge in [0.2, 0.25) is 5.91 Å². The third kappa shape index (κ3) is 9.59. The maximum absolute atomic E-state index is 11.7. The molecule has 1 aromatic carbocycles. The van der Waals surface area contributed by atoms with Crippen LogP contribution in [0.3, 0.4) is 0 Å². The molecule has 0 spiro atoms. The molecule has 0 radical (unpaired) electrons. The molecule has 0 saturated heterocycles. The quantitative estimate of drug-likeness (QED) is 0.606. The fourth-order valence-corrected chi connectivity index (χ4v) is 1.51. The van der Waals surface area contributed by atoms with Gasteiger partial charge in [-0.1, -0.05) is 30.3 Å². The lowest BCUT2D eigenvalue weighted by Gasteiger charge is -2.22. The van der Waals surface area contributed by atoms with Gasteiger partial charge in [-0.2, -0.15) is 0 Å². The fourth-order valence-electron chi connectivity index (χ4n) is 1.51. The number of benzene rings is 1. The van der Waals surface area contributed by atoms with E-state index in [-0.39, 0.29) is 37.1 Å². The Labute approximate surface area is 125 Å². The van der Waals surface area contributed by atoms with Crippen molar-refractivity contribution in [2.45, 2.75) is 32.4 Å². The van der Waals surface area contributed by atoms with Crippen LogP contribution in [-0.4, -0.2) is 41.3 Å². The van der Waals surface area contributed by atoms with Crippen molar-refractivity contribution in [1.82, 2.24) is 10.6 Å². The first-order chi connectivity index (χ1) is 9.84. The van der Waals surface area contributed by atoms with Gasteiger partial charge in [0, 0.05) is 5.54 Å². The monoisotopic (exact) mass is 296 g/mol. The largest absolute Gasteiger partial charge is 0.483 e. The van der Waals surface area contributed by atoms with Gasteiger partial charge in [-0.3, -0.25) is 9.59 Å². The second-order valence-electron chi connectivity index (χ2n) is 5.42. The van der Waals surface area contributed by atoms with Gasteiger partial charge in [0.15, 0.2) is 0 Å². The van der Waals surface area contributed by atoms with E-state index in [2.05, 4.69) is 10.6 Å². The van der Waals surface area contributed by atoms with Crippen LogP contribution in [0.2, 0.25) is 0 Å². The van der Waals surface area contributed by atoms with Gasteiger partial charge in [0.1, 0.15) is 0 Å². The Morgan fingerprint density at radius 1 is 1.29 bits per heavy atom. The molecule has 0 aliphatic carbocycles.